The maximum absolute atomic E-state index is 12.5. The van der Waals surface area contributed by atoms with Crippen LogP contribution in [0.5, 0.6) is 17.2 Å². The second kappa shape index (κ2) is 12.1. The molecule has 0 aliphatic heterocycles. The molecular weight excluding hydrogens is 490 g/mol. The summed E-state index contributed by atoms with van der Waals surface area (Å²) in [6.45, 7) is 4.28. The van der Waals surface area contributed by atoms with Crippen LogP contribution in [0.25, 0.3) is 17.1 Å². The van der Waals surface area contributed by atoms with E-state index in [9.17, 15) is 9.90 Å². The maximum Gasteiger partial charge on any atom is 0.250 e. The van der Waals surface area contributed by atoms with Crippen LogP contribution in [0.2, 0.25) is 0 Å². The van der Waals surface area contributed by atoms with Gasteiger partial charge in [0.1, 0.15) is 5.75 Å². The lowest BCUT2D eigenvalue weighted by molar-refractivity contribution is -0.118. The highest BCUT2D eigenvalue weighted by Crippen LogP contribution is 2.30. The number of methoxy groups -OCH3 is 1. The van der Waals surface area contributed by atoms with E-state index in [-0.39, 0.29) is 17.4 Å². The van der Waals surface area contributed by atoms with E-state index in [1.165, 1.54) is 18.0 Å². The summed E-state index contributed by atoms with van der Waals surface area (Å²) in [6, 6.07) is 20.6. The van der Waals surface area contributed by atoms with Crippen molar-refractivity contribution in [2.24, 2.45) is 5.10 Å². The van der Waals surface area contributed by atoms with Crippen LogP contribution in [-0.2, 0) is 4.79 Å². The predicted octanol–water partition coefficient (Wildman–Crippen LogP) is 4.60. The number of amides is 1. The van der Waals surface area contributed by atoms with Gasteiger partial charge in [0.2, 0.25) is 0 Å². The fourth-order valence-electron chi connectivity index (χ4n) is 3.47. The fraction of sp³-hybridized carbons (Fsp3) is 0.185. The Labute approximate surface area is 219 Å². The highest BCUT2D eigenvalue weighted by molar-refractivity contribution is 7.99. The molecule has 0 atom stereocenters. The van der Waals surface area contributed by atoms with Gasteiger partial charge in [0, 0.05) is 16.8 Å². The normalized spacial score (nSPS) is 11.0. The third kappa shape index (κ3) is 6.28. The van der Waals surface area contributed by atoms with Crippen LogP contribution in [0.4, 0.5) is 0 Å². The molecule has 0 radical (unpaired) electrons. The summed E-state index contributed by atoms with van der Waals surface area (Å²) in [5.74, 6) is 1.45. The topological polar surface area (TPSA) is 111 Å². The third-order valence-corrected chi connectivity index (χ3v) is 6.26. The minimum absolute atomic E-state index is 0.0343. The molecule has 37 heavy (non-hydrogen) atoms. The minimum Gasteiger partial charge on any atom is -0.504 e. The van der Waals surface area contributed by atoms with Gasteiger partial charge in [0.05, 0.1) is 25.7 Å². The zero-order chi connectivity index (χ0) is 26.2. The van der Waals surface area contributed by atoms with E-state index in [4.69, 9.17) is 9.47 Å². The molecule has 3 aromatic carbocycles. The van der Waals surface area contributed by atoms with E-state index < -0.39 is 0 Å². The number of rotatable bonds is 10. The first-order valence-corrected chi connectivity index (χ1v) is 12.5. The molecule has 0 saturated carbocycles. The molecule has 0 aliphatic carbocycles. The summed E-state index contributed by atoms with van der Waals surface area (Å²) in [7, 11) is 1.62. The average Bonchev–Trinajstić information content (AvgIpc) is 3.34. The number of phenolic OH excluding ortho intramolecular Hbond substituents is 1. The third-order valence-electron chi connectivity index (χ3n) is 5.33. The van der Waals surface area contributed by atoms with Crippen molar-refractivity contribution in [1.29, 1.82) is 0 Å². The molecular formula is C27H27N5O4S. The highest BCUT2D eigenvalue weighted by Gasteiger charge is 2.17. The van der Waals surface area contributed by atoms with Gasteiger partial charge in [-0.25, -0.2) is 5.43 Å². The van der Waals surface area contributed by atoms with Crippen LogP contribution in [0.15, 0.2) is 77.0 Å². The number of hydrazone groups is 1. The number of para-hydroxylation sites is 1. The Bertz CT molecular complexity index is 1390. The van der Waals surface area contributed by atoms with Crippen molar-refractivity contribution in [3.05, 3.63) is 77.9 Å². The first-order valence-electron chi connectivity index (χ1n) is 11.6. The van der Waals surface area contributed by atoms with Crippen molar-refractivity contribution >= 4 is 23.9 Å². The van der Waals surface area contributed by atoms with E-state index in [0.717, 1.165) is 22.6 Å². The molecule has 2 N–H and O–H groups in total. The van der Waals surface area contributed by atoms with Gasteiger partial charge >= 0.3 is 0 Å². The number of phenols is 1. The number of aromatic nitrogens is 3. The average molecular weight is 518 g/mol. The second-order valence-electron chi connectivity index (χ2n) is 7.91. The summed E-state index contributed by atoms with van der Waals surface area (Å²) in [4.78, 5) is 12.5. The molecule has 1 amide bonds. The molecule has 9 nitrogen and oxygen atoms in total. The molecule has 0 unspecified atom stereocenters. The highest BCUT2D eigenvalue weighted by atomic mass is 32.2. The zero-order valence-electron chi connectivity index (χ0n) is 20.7. The quantitative estimate of drug-likeness (QED) is 0.180. The van der Waals surface area contributed by atoms with E-state index in [2.05, 4.69) is 20.7 Å². The molecule has 190 valence electrons. The van der Waals surface area contributed by atoms with Crippen LogP contribution >= 0.6 is 11.8 Å². The van der Waals surface area contributed by atoms with Crippen molar-refractivity contribution in [2.75, 3.05) is 19.5 Å². The number of benzene rings is 3. The number of aromatic hydroxyl groups is 1. The number of carbonyl (C=O) groups excluding carboxylic acids is 1. The van der Waals surface area contributed by atoms with E-state index in [1.807, 2.05) is 66.9 Å². The van der Waals surface area contributed by atoms with Crippen LogP contribution < -0.4 is 14.9 Å². The van der Waals surface area contributed by atoms with Crippen LogP contribution in [0, 0.1) is 6.92 Å². The van der Waals surface area contributed by atoms with E-state index in [1.54, 1.807) is 25.3 Å². The number of nitrogens with one attached hydrogen (secondary N) is 1. The van der Waals surface area contributed by atoms with Gasteiger partial charge < -0.3 is 14.6 Å². The lowest BCUT2D eigenvalue weighted by Gasteiger charge is -2.11. The Morgan fingerprint density at radius 3 is 2.57 bits per heavy atom. The molecule has 1 heterocycles. The summed E-state index contributed by atoms with van der Waals surface area (Å²) in [5.41, 5.74) is 5.80. The van der Waals surface area contributed by atoms with E-state index in [0.29, 0.717) is 28.9 Å². The van der Waals surface area contributed by atoms with Gasteiger partial charge in [-0.15, -0.1) is 10.2 Å². The number of thioether (sulfide) groups is 1. The SMILES string of the molecule is CCOc1cccc(/C=N\NC(=O)CSc2nnc(-c3ccc(C)cc3)n2-c2ccc(OC)cc2)c1O. The molecule has 0 aliphatic rings. The number of aryl methyl sites for hydroxylation is 1. The lowest BCUT2D eigenvalue weighted by atomic mass is 10.1. The number of ether oxygens (including phenoxy) is 2. The summed E-state index contributed by atoms with van der Waals surface area (Å²) in [6.07, 6.45) is 1.37. The summed E-state index contributed by atoms with van der Waals surface area (Å²) < 4.78 is 12.6. The standard InChI is InChI=1S/C27H27N5O4S/c1-4-36-23-7-5-6-20(25(23)34)16-28-29-24(33)17-37-27-31-30-26(19-10-8-18(2)9-11-19)32(27)21-12-14-22(35-3)15-13-21/h5-16,34H,4,17H2,1-3H3,(H,29,33)/b28-16-. The van der Waals surface area contributed by atoms with Crippen molar-refractivity contribution < 1.29 is 19.4 Å². The van der Waals surface area contributed by atoms with Crippen molar-refractivity contribution in [3.8, 4) is 34.3 Å². The Morgan fingerprint density at radius 2 is 1.86 bits per heavy atom. The number of hydrogen-bond acceptors (Lipinski definition) is 8. The van der Waals surface area contributed by atoms with Crippen molar-refractivity contribution in [2.45, 2.75) is 19.0 Å². The van der Waals surface area contributed by atoms with Crippen LogP contribution in [0.3, 0.4) is 0 Å². The molecule has 0 bridgehead atoms. The minimum atomic E-state index is -0.331. The summed E-state index contributed by atoms with van der Waals surface area (Å²) >= 11 is 1.24. The number of carbonyl (C=O) groups is 1. The monoisotopic (exact) mass is 517 g/mol. The van der Waals surface area contributed by atoms with Crippen LogP contribution in [-0.4, -0.2) is 51.5 Å². The second-order valence-corrected chi connectivity index (χ2v) is 8.86. The first-order chi connectivity index (χ1) is 18.0. The Balaban J connectivity index is 1.50. The Hall–Kier alpha value is -4.31. The molecule has 10 heteroatoms. The molecule has 4 rings (SSSR count). The smallest absolute Gasteiger partial charge is 0.250 e. The Morgan fingerprint density at radius 1 is 1.11 bits per heavy atom. The largest absolute Gasteiger partial charge is 0.504 e. The van der Waals surface area contributed by atoms with Crippen molar-refractivity contribution in [1.82, 2.24) is 20.2 Å². The van der Waals surface area contributed by atoms with Gasteiger partial charge in [0.25, 0.3) is 5.91 Å². The van der Waals surface area contributed by atoms with Gasteiger partial charge in [-0.05, 0) is 50.2 Å². The number of nitrogens with zero attached hydrogens (tertiary/aromatic N) is 4. The zero-order valence-corrected chi connectivity index (χ0v) is 21.5. The fourth-order valence-corrected chi connectivity index (χ4v) is 4.21. The summed E-state index contributed by atoms with van der Waals surface area (Å²) in [5, 5.41) is 23.5. The molecule has 0 fully saturated rings. The first kappa shape index (κ1) is 25.8. The predicted molar refractivity (Wildman–Crippen MR) is 144 cm³/mol. The maximum atomic E-state index is 12.5. The van der Waals surface area contributed by atoms with E-state index >= 15 is 0 Å². The van der Waals surface area contributed by atoms with Gasteiger partial charge in [-0.3, -0.25) is 9.36 Å². The lowest BCUT2D eigenvalue weighted by Crippen LogP contribution is -2.20. The van der Waals surface area contributed by atoms with Gasteiger partial charge in [-0.2, -0.15) is 5.10 Å². The van der Waals surface area contributed by atoms with Gasteiger partial charge in [0.15, 0.2) is 22.5 Å². The van der Waals surface area contributed by atoms with Gasteiger partial charge in [-0.1, -0.05) is 47.7 Å². The molecule has 1 aromatic heterocycles. The Kier molecular flexibility index (Phi) is 8.42. The molecule has 0 spiro atoms. The molecule has 0 saturated heterocycles. The molecule has 4 aromatic rings. The van der Waals surface area contributed by atoms with Crippen molar-refractivity contribution in [3.63, 3.8) is 0 Å². The number of hydrogen-bond donors (Lipinski definition) is 2. The van der Waals surface area contributed by atoms with Crippen LogP contribution in [0.1, 0.15) is 18.1 Å².